The molecule has 1 aromatic heterocycles. The molecule has 0 unspecified atom stereocenters. The van der Waals surface area contributed by atoms with Crippen LogP contribution in [-0.2, 0) is 11.3 Å². The predicted molar refractivity (Wildman–Crippen MR) is 100 cm³/mol. The molecular formula is C18H17ClN2O2S. The van der Waals surface area contributed by atoms with E-state index in [1.165, 1.54) is 11.5 Å². The maximum atomic E-state index is 12.2. The molecule has 0 spiro atoms. The van der Waals surface area contributed by atoms with Crippen LogP contribution in [0, 0.1) is 6.92 Å². The number of hydrogen-bond donors (Lipinski definition) is 1. The third-order valence-corrected chi connectivity index (χ3v) is 5.15. The Kier molecular flexibility index (Phi) is 5.02. The summed E-state index contributed by atoms with van der Waals surface area (Å²) >= 11 is 7.39. The zero-order chi connectivity index (χ0) is 17.1. The molecule has 1 heterocycles. The first kappa shape index (κ1) is 16.7. The van der Waals surface area contributed by atoms with E-state index < -0.39 is 0 Å². The highest BCUT2D eigenvalue weighted by Crippen LogP contribution is 2.20. The van der Waals surface area contributed by atoms with Crippen molar-refractivity contribution in [3.05, 3.63) is 63.4 Å². The van der Waals surface area contributed by atoms with Crippen molar-refractivity contribution in [1.29, 1.82) is 0 Å². The fourth-order valence-corrected chi connectivity index (χ4v) is 3.69. The molecule has 0 saturated carbocycles. The summed E-state index contributed by atoms with van der Waals surface area (Å²) in [6.07, 6.45) is 0.963. The van der Waals surface area contributed by atoms with Crippen molar-refractivity contribution in [1.82, 2.24) is 3.96 Å². The van der Waals surface area contributed by atoms with E-state index in [0.717, 1.165) is 21.3 Å². The topological polar surface area (TPSA) is 51.1 Å². The van der Waals surface area contributed by atoms with Gasteiger partial charge in [0.15, 0.2) is 0 Å². The maximum Gasteiger partial charge on any atom is 0.268 e. The zero-order valence-electron chi connectivity index (χ0n) is 13.2. The molecule has 1 N–H and O–H groups in total. The normalized spacial score (nSPS) is 10.9. The summed E-state index contributed by atoms with van der Waals surface area (Å²) in [5.74, 6) is -0.0745. The maximum absolute atomic E-state index is 12.2. The van der Waals surface area contributed by atoms with E-state index >= 15 is 0 Å². The number of carbonyl (C=O) groups excluding carboxylic acids is 1. The first-order valence-electron chi connectivity index (χ1n) is 7.69. The van der Waals surface area contributed by atoms with Crippen LogP contribution in [0.2, 0.25) is 5.02 Å². The van der Waals surface area contributed by atoms with E-state index in [1.54, 1.807) is 16.1 Å². The third-order valence-electron chi connectivity index (χ3n) is 3.79. The predicted octanol–water partition coefficient (Wildman–Crippen LogP) is 4.44. The lowest BCUT2D eigenvalue weighted by Crippen LogP contribution is -2.16. The van der Waals surface area contributed by atoms with Crippen LogP contribution in [0.15, 0.2) is 47.3 Å². The van der Waals surface area contributed by atoms with Gasteiger partial charge in [-0.3, -0.25) is 13.5 Å². The van der Waals surface area contributed by atoms with Crippen LogP contribution in [0.5, 0.6) is 0 Å². The summed E-state index contributed by atoms with van der Waals surface area (Å²) in [5.41, 5.74) is 1.71. The van der Waals surface area contributed by atoms with Gasteiger partial charge in [-0.25, -0.2) is 0 Å². The number of amides is 1. The minimum Gasteiger partial charge on any atom is -0.326 e. The van der Waals surface area contributed by atoms with Crippen LogP contribution in [0.4, 0.5) is 5.69 Å². The van der Waals surface area contributed by atoms with Crippen molar-refractivity contribution < 1.29 is 4.79 Å². The molecule has 2 aromatic carbocycles. The van der Waals surface area contributed by atoms with E-state index in [1.807, 2.05) is 37.3 Å². The molecule has 3 rings (SSSR count). The van der Waals surface area contributed by atoms with Gasteiger partial charge in [-0.15, -0.1) is 0 Å². The number of fused-ring (bicyclic) bond motifs is 1. The molecule has 0 aliphatic heterocycles. The molecule has 0 aliphatic rings. The number of nitrogens with one attached hydrogen (secondary N) is 1. The second kappa shape index (κ2) is 7.20. The van der Waals surface area contributed by atoms with Gasteiger partial charge in [-0.2, -0.15) is 0 Å². The number of nitrogens with zero attached hydrogens (tertiary/aromatic N) is 1. The summed E-state index contributed by atoms with van der Waals surface area (Å²) in [4.78, 5) is 24.3. The Hall–Kier alpha value is -2.11. The molecular weight excluding hydrogens is 344 g/mol. The summed E-state index contributed by atoms with van der Waals surface area (Å²) in [5, 5.41) is 4.20. The van der Waals surface area contributed by atoms with Crippen LogP contribution >= 0.6 is 23.1 Å². The monoisotopic (exact) mass is 360 g/mol. The van der Waals surface area contributed by atoms with E-state index in [-0.39, 0.29) is 11.5 Å². The summed E-state index contributed by atoms with van der Waals surface area (Å²) in [7, 11) is 0. The standard InChI is InChI=1S/C18H17ClN2O2S/c1-12-8-9-13(19)11-15(12)20-17(22)7-4-10-21-18(23)14-5-2-3-6-16(14)24-21/h2-3,5-6,8-9,11H,4,7,10H2,1H3,(H,20,22). The number of halogens is 1. The van der Waals surface area contributed by atoms with E-state index in [9.17, 15) is 9.59 Å². The summed E-state index contributed by atoms with van der Waals surface area (Å²) in [6.45, 7) is 2.46. The SMILES string of the molecule is Cc1ccc(Cl)cc1NC(=O)CCCn1sc2ccccc2c1=O. The van der Waals surface area contributed by atoms with Crippen LogP contribution in [0.1, 0.15) is 18.4 Å². The molecule has 0 radical (unpaired) electrons. The van der Waals surface area contributed by atoms with E-state index in [4.69, 9.17) is 11.6 Å². The molecule has 0 fully saturated rings. The lowest BCUT2D eigenvalue weighted by molar-refractivity contribution is -0.116. The van der Waals surface area contributed by atoms with Crippen molar-refractivity contribution >= 4 is 44.8 Å². The number of aromatic nitrogens is 1. The average Bonchev–Trinajstić information content (AvgIpc) is 2.88. The molecule has 0 aliphatic carbocycles. The molecule has 3 aromatic rings. The Morgan fingerprint density at radius 3 is 2.83 bits per heavy atom. The summed E-state index contributed by atoms with van der Waals surface area (Å²) in [6, 6.07) is 13.0. The summed E-state index contributed by atoms with van der Waals surface area (Å²) < 4.78 is 2.68. The molecule has 0 bridgehead atoms. The van der Waals surface area contributed by atoms with Gasteiger partial charge in [-0.05, 0) is 43.2 Å². The average molecular weight is 361 g/mol. The van der Waals surface area contributed by atoms with Crippen LogP contribution in [0.3, 0.4) is 0 Å². The van der Waals surface area contributed by atoms with Crippen LogP contribution in [0.25, 0.3) is 10.1 Å². The highest BCUT2D eigenvalue weighted by molar-refractivity contribution is 7.13. The molecule has 0 atom stereocenters. The van der Waals surface area contributed by atoms with Crippen LogP contribution < -0.4 is 10.9 Å². The Balaban J connectivity index is 1.59. The molecule has 24 heavy (non-hydrogen) atoms. The van der Waals surface area contributed by atoms with Crippen molar-refractivity contribution in [2.45, 2.75) is 26.3 Å². The highest BCUT2D eigenvalue weighted by Gasteiger charge is 2.09. The van der Waals surface area contributed by atoms with Crippen molar-refractivity contribution in [2.75, 3.05) is 5.32 Å². The second-order valence-electron chi connectivity index (χ2n) is 5.61. The Morgan fingerprint density at radius 2 is 2.04 bits per heavy atom. The number of benzene rings is 2. The van der Waals surface area contributed by atoms with Gasteiger partial charge >= 0.3 is 0 Å². The Labute approximate surface area is 148 Å². The minimum atomic E-state index is -0.0745. The van der Waals surface area contributed by atoms with Crippen molar-refractivity contribution in [2.24, 2.45) is 0 Å². The highest BCUT2D eigenvalue weighted by atomic mass is 35.5. The fraction of sp³-hybridized carbons (Fsp3) is 0.222. The first-order valence-corrected chi connectivity index (χ1v) is 8.84. The Bertz CT molecular complexity index is 946. The quantitative estimate of drug-likeness (QED) is 0.731. The van der Waals surface area contributed by atoms with Gasteiger partial charge in [0.05, 0.1) is 10.1 Å². The van der Waals surface area contributed by atoms with Crippen LogP contribution in [-0.4, -0.2) is 9.86 Å². The zero-order valence-corrected chi connectivity index (χ0v) is 14.8. The lowest BCUT2D eigenvalue weighted by atomic mass is 10.2. The fourth-order valence-electron chi connectivity index (χ4n) is 2.49. The second-order valence-corrected chi connectivity index (χ2v) is 7.11. The number of hydrogen-bond acceptors (Lipinski definition) is 3. The number of aryl methyl sites for hydroxylation is 2. The molecule has 4 nitrogen and oxygen atoms in total. The minimum absolute atomic E-state index is 0.0155. The lowest BCUT2D eigenvalue weighted by Gasteiger charge is -2.08. The molecule has 1 amide bonds. The number of rotatable bonds is 5. The van der Waals surface area contributed by atoms with Gasteiger partial charge in [-0.1, -0.05) is 41.3 Å². The smallest absolute Gasteiger partial charge is 0.268 e. The van der Waals surface area contributed by atoms with Gasteiger partial charge in [0, 0.05) is 23.7 Å². The van der Waals surface area contributed by atoms with Gasteiger partial charge in [0.2, 0.25) is 5.91 Å². The largest absolute Gasteiger partial charge is 0.326 e. The Morgan fingerprint density at radius 1 is 1.25 bits per heavy atom. The van der Waals surface area contributed by atoms with Gasteiger partial charge in [0.1, 0.15) is 0 Å². The van der Waals surface area contributed by atoms with Crippen molar-refractivity contribution in [3.63, 3.8) is 0 Å². The molecule has 6 heteroatoms. The third kappa shape index (κ3) is 3.68. The first-order chi connectivity index (χ1) is 11.5. The van der Waals surface area contributed by atoms with Crippen molar-refractivity contribution in [3.8, 4) is 0 Å². The van der Waals surface area contributed by atoms with Gasteiger partial charge in [0.25, 0.3) is 5.56 Å². The van der Waals surface area contributed by atoms with E-state index in [2.05, 4.69) is 5.32 Å². The molecule has 124 valence electrons. The van der Waals surface area contributed by atoms with Gasteiger partial charge < -0.3 is 5.32 Å². The van der Waals surface area contributed by atoms with E-state index in [0.29, 0.717) is 24.4 Å². The number of carbonyl (C=O) groups is 1. The molecule has 0 saturated heterocycles. The number of anilines is 1.